The highest BCUT2D eigenvalue weighted by Crippen LogP contribution is 2.09. The summed E-state index contributed by atoms with van der Waals surface area (Å²) in [5.74, 6) is -1.17. The molecule has 0 unspecified atom stereocenters. The molecule has 1 aliphatic rings. The number of pyridine rings is 1. The monoisotopic (exact) mass is 272 g/mol. The Morgan fingerprint density at radius 3 is 3.05 bits per heavy atom. The molecule has 0 spiro atoms. The van der Waals surface area contributed by atoms with Crippen LogP contribution in [0.2, 0.25) is 0 Å². The van der Waals surface area contributed by atoms with Gasteiger partial charge in [0.1, 0.15) is 17.4 Å². The quantitative estimate of drug-likeness (QED) is 0.745. The predicted octanol–water partition coefficient (Wildman–Crippen LogP) is -0.131. The molecule has 3 amide bonds. The number of nitrogens with one attached hydrogen (secondary N) is 2. The van der Waals surface area contributed by atoms with Gasteiger partial charge in [-0.3, -0.25) is 24.1 Å². The van der Waals surface area contributed by atoms with E-state index < -0.39 is 17.9 Å². The molecular formula is C13H12N4O3. The highest BCUT2D eigenvalue weighted by Gasteiger charge is 2.28. The first kappa shape index (κ1) is 12.3. The number of rotatable bonds is 2. The average molecular weight is 272 g/mol. The van der Waals surface area contributed by atoms with Gasteiger partial charge in [0.05, 0.1) is 6.20 Å². The van der Waals surface area contributed by atoms with Crippen molar-refractivity contribution < 1.29 is 14.4 Å². The van der Waals surface area contributed by atoms with Crippen LogP contribution in [0.5, 0.6) is 0 Å². The van der Waals surface area contributed by atoms with E-state index in [1.54, 1.807) is 22.7 Å². The third kappa shape index (κ3) is 2.13. The number of imidazole rings is 1. The molecular weight excluding hydrogens is 260 g/mol. The van der Waals surface area contributed by atoms with Crippen LogP contribution >= 0.6 is 0 Å². The summed E-state index contributed by atoms with van der Waals surface area (Å²) in [6, 6.07) is 4.71. The summed E-state index contributed by atoms with van der Waals surface area (Å²) >= 11 is 0. The van der Waals surface area contributed by atoms with Gasteiger partial charge in [0.15, 0.2) is 0 Å². The maximum atomic E-state index is 12.2. The summed E-state index contributed by atoms with van der Waals surface area (Å²) < 4.78 is 1.64. The molecule has 7 nitrogen and oxygen atoms in total. The molecule has 102 valence electrons. The number of nitrogens with zero attached hydrogens (tertiary/aromatic N) is 2. The molecule has 20 heavy (non-hydrogen) atoms. The summed E-state index contributed by atoms with van der Waals surface area (Å²) in [5, 5.41) is 4.82. The Bertz CT molecular complexity index is 706. The van der Waals surface area contributed by atoms with Crippen molar-refractivity contribution in [2.75, 3.05) is 0 Å². The fourth-order valence-electron chi connectivity index (χ4n) is 2.16. The van der Waals surface area contributed by atoms with Crippen molar-refractivity contribution in [2.45, 2.75) is 18.9 Å². The normalized spacial score (nSPS) is 18.9. The van der Waals surface area contributed by atoms with E-state index in [4.69, 9.17) is 0 Å². The van der Waals surface area contributed by atoms with E-state index in [0.29, 0.717) is 17.8 Å². The number of amides is 3. The van der Waals surface area contributed by atoms with Crippen molar-refractivity contribution in [3.8, 4) is 0 Å². The van der Waals surface area contributed by atoms with Crippen LogP contribution in [0, 0.1) is 0 Å². The van der Waals surface area contributed by atoms with Crippen LogP contribution in [0.4, 0.5) is 0 Å². The maximum absolute atomic E-state index is 12.2. The van der Waals surface area contributed by atoms with Crippen molar-refractivity contribution in [2.24, 2.45) is 0 Å². The highest BCUT2D eigenvalue weighted by molar-refractivity contribution is 6.03. The van der Waals surface area contributed by atoms with Gasteiger partial charge in [0.2, 0.25) is 11.8 Å². The molecule has 0 aromatic carbocycles. The van der Waals surface area contributed by atoms with Gasteiger partial charge in [0.25, 0.3) is 5.91 Å². The summed E-state index contributed by atoms with van der Waals surface area (Å²) in [6.45, 7) is 0. The minimum atomic E-state index is -0.686. The van der Waals surface area contributed by atoms with Crippen LogP contribution in [0.1, 0.15) is 23.3 Å². The smallest absolute Gasteiger partial charge is 0.270 e. The van der Waals surface area contributed by atoms with E-state index in [1.807, 2.05) is 6.07 Å². The number of fused-ring (bicyclic) bond motifs is 1. The molecule has 0 bridgehead atoms. The molecule has 2 aromatic heterocycles. The number of carbonyl (C=O) groups excluding carboxylic acids is 3. The minimum absolute atomic E-state index is 0.226. The second-order valence-electron chi connectivity index (χ2n) is 4.55. The molecule has 3 rings (SSSR count). The number of imide groups is 1. The largest absolute Gasteiger partial charge is 0.339 e. The van der Waals surface area contributed by atoms with Gasteiger partial charge in [0, 0.05) is 12.6 Å². The van der Waals surface area contributed by atoms with Gasteiger partial charge in [-0.15, -0.1) is 0 Å². The number of aromatic nitrogens is 2. The van der Waals surface area contributed by atoms with Crippen LogP contribution in [0.15, 0.2) is 30.6 Å². The zero-order valence-corrected chi connectivity index (χ0v) is 10.5. The van der Waals surface area contributed by atoms with Gasteiger partial charge in [-0.1, -0.05) is 6.07 Å². The zero-order valence-electron chi connectivity index (χ0n) is 10.5. The van der Waals surface area contributed by atoms with E-state index in [2.05, 4.69) is 15.6 Å². The Kier molecular flexibility index (Phi) is 2.94. The summed E-state index contributed by atoms with van der Waals surface area (Å²) in [7, 11) is 0. The van der Waals surface area contributed by atoms with Gasteiger partial charge in [-0.05, 0) is 18.6 Å². The van der Waals surface area contributed by atoms with E-state index in [-0.39, 0.29) is 12.3 Å². The van der Waals surface area contributed by atoms with Gasteiger partial charge in [-0.25, -0.2) is 4.98 Å². The topological polar surface area (TPSA) is 92.6 Å². The Morgan fingerprint density at radius 1 is 1.40 bits per heavy atom. The zero-order chi connectivity index (χ0) is 14.1. The SMILES string of the molecule is O=C1CC[C@H](NC(=O)c2cnc3ccccn23)C(=O)N1. The summed E-state index contributed by atoms with van der Waals surface area (Å²) in [6.07, 6.45) is 3.72. The van der Waals surface area contributed by atoms with E-state index >= 15 is 0 Å². The third-order valence-electron chi connectivity index (χ3n) is 3.19. The van der Waals surface area contributed by atoms with Crippen LogP contribution in [0.3, 0.4) is 0 Å². The van der Waals surface area contributed by atoms with Gasteiger partial charge >= 0.3 is 0 Å². The molecule has 0 saturated carbocycles. The Morgan fingerprint density at radius 2 is 2.25 bits per heavy atom. The number of hydrogen-bond acceptors (Lipinski definition) is 4. The molecule has 1 fully saturated rings. The van der Waals surface area contributed by atoms with Crippen molar-refractivity contribution >= 4 is 23.4 Å². The van der Waals surface area contributed by atoms with Crippen molar-refractivity contribution in [1.82, 2.24) is 20.0 Å². The summed E-state index contributed by atoms with van der Waals surface area (Å²) in [5.41, 5.74) is 1.01. The van der Waals surface area contributed by atoms with Crippen molar-refractivity contribution in [3.63, 3.8) is 0 Å². The second-order valence-corrected chi connectivity index (χ2v) is 4.55. The maximum Gasteiger partial charge on any atom is 0.270 e. The van der Waals surface area contributed by atoms with Gasteiger partial charge in [-0.2, -0.15) is 0 Å². The molecule has 0 aliphatic carbocycles. The van der Waals surface area contributed by atoms with Crippen molar-refractivity contribution in [1.29, 1.82) is 0 Å². The number of hydrogen-bond donors (Lipinski definition) is 2. The molecule has 0 radical (unpaired) electrons. The minimum Gasteiger partial charge on any atom is -0.339 e. The van der Waals surface area contributed by atoms with E-state index in [9.17, 15) is 14.4 Å². The molecule has 2 aromatic rings. The fourth-order valence-corrected chi connectivity index (χ4v) is 2.16. The van der Waals surface area contributed by atoms with Crippen LogP contribution in [-0.2, 0) is 9.59 Å². The highest BCUT2D eigenvalue weighted by atomic mass is 16.2. The summed E-state index contributed by atoms with van der Waals surface area (Å²) in [4.78, 5) is 38.9. The first-order valence-corrected chi connectivity index (χ1v) is 6.22. The van der Waals surface area contributed by atoms with Crippen molar-refractivity contribution in [3.05, 3.63) is 36.3 Å². The first-order chi connectivity index (χ1) is 9.65. The lowest BCUT2D eigenvalue weighted by Gasteiger charge is -2.21. The van der Waals surface area contributed by atoms with E-state index in [1.165, 1.54) is 6.20 Å². The van der Waals surface area contributed by atoms with E-state index in [0.717, 1.165) is 0 Å². The average Bonchev–Trinajstić information content (AvgIpc) is 2.86. The molecule has 3 heterocycles. The molecule has 1 saturated heterocycles. The van der Waals surface area contributed by atoms with Gasteiger partial charge < -0.3 is 5.32 Å². The number of carbonyl (C=O) groups is 3. The Balaban J connectivity index is 1.80. The lowest BCUT2D eigenvalue weighted by Crippen LogP contribution is -2.52. The standard InChI is InChI=1S/C13H12N4O3/c18-11-5-4-8(12(19)16-11)15-13(20)9-7-14-10-3-1-2-6-17(9)10/h1-3,6-8H,4-5H2,(H,15,20)(H,16,18,19)/t8-/m0/s1. The predicted molar refractivity (Wildman–Crippen MR) is 68.8 cm³/mol. The lowest BCUT2D eigenvalue weighted by atomic mass is 10.1. The molecule has 1 aliphatic heterocycles. The molecule has 1 atom stereocenters. The second kappa shape index (κ2) is 4.76. The van der Waals surface area contributed by atoms with Crippen LogP contribution in [0.25, 0.3) is 5.65 Å². The van der Waals surface area contributed by atoms with Crippen LogP contribution in [-0.4, -0.2) is 33.1 Å². The molecule has 2 N–H and O–H groups in total. The Labute approximate surface area is 114 Å². The first-order valence-electron chi connectivity index (χ1n) is 6.22. The Hall–Kier alpha value is -2.70. The molecule has 7 heteroatoms. The van der Waals surface area contributed by atoms with Crippen LogP contribution < -0.4 is 10.6 Å². The lowest BCUT2D eigenvalue weighted by molar-refractivity contribution is -0.134. The number of piperidine rings is 1. The third-order valence-corrected chi connectivity index (χ3v) is 3.19. The fraction of sp³-hybridized carbons (Fsp3) is 0.231.